The Kier molecular flexibility index (Phi) is 6.35. The Labute approximate surface area is 162 Å². The van der Waals surface area contributed by atoms with Gasteiger partial charge in [0, 0.05) is 25.3 Å². The summed E-state index contributed by atoms with van der Waals surface area (Å²) in [6.45, 7) is 6.53. The predicted octanol–water partition coefficient (Wildman–Crippen LogP) is 1.45. The van der Waals surface area contributed by atoms with Crippen molar-refractivity contribution in [3.8, 4) is 5.75 Å². The van der Waals surface area contributed by atoms with Gasteiger partial charge in [-0.05, 0) is 24.6 Å². The van der Waals surface area contributed by atoms with Crippen molar-refractivity contribution in [1.82, 2.24) is 4.90 Å². The Morgan fingerprint density at radius 1 is 1.15 bits per heavy atom. The van der Waals surface area contributed by atoms with Crippen LogP contribution in [0.1, 0.15) is 12.5 Å². The summed E-state index contributed by atoms with van der Waals surface area (Å²) in [5.41, 5.74) is 2.35. The van der Waals surface area contributed by atoms with Gasteiger partial charge in [-0.2, -0.15) is 0 Å². The minimum atomic E-state index is -0.0221. The van der Waals surface area contributed by atoms with E-state index in [-0.39, 0.29) is 11.9 Å². The second kappa shape index (κ2) is 8.91. The topological polar surface area (TPSA) is 37.2 Å². The van der Waals surface area contributed by atoms with Crippen LogP contribution in [0.3, 0.4) is 0 Å². The molecule has 2 aromatic rings. The van der Waals surface area contributed by atoms with Crippen LogP contribution in [-0.4, -0.2) is 57.2 Å². The monoisotopic (exact) mass is 368 g/mol. The summed E-state index contributed by atoms with van der Waals surface area (Å²) >= 11 is 0. The first kappa shape index (κ1) is 19.2. The van der Waals surface area contributed by atoms with E-state index in [1.807, 2.05) is 42.3 Å². The molecule has 1 fully saturated rings. The fourth-order valence-electron chi connectivity index (χ4n) is 3.73. The summed E-state index contributed by atoms with van der Waals surface area (Å²) in [6.07, 6.45) is 0. The number of amides is 1. The molecule has 1 heterocycles. The van der Waals surface area contributed by atoms with Crippen LogP contribution in [0.2, 0.25) is 0 Å². The van der Waals surface area contributed by atoms with Crippen molar-refractivity contribution in [3.05, 3.63) is 60.2 Å². The first-order chi connectivity index (χ1) is 13.1. The minimum absolute atomic E-state index is 0.0221. The van der Waals surface area contributed by atoms with E-state index in [9.17, 15) is 4.79 Å². The summed E-state index contributed by atoms with van der Waals surface area (Å²) in [5.74, 6) is 1.09. The third-order valence-electron chi connectivity index (χ3n) is 5.45. The number of hydrogen-bond donors (Lipinski definition) is 1. The molecule has 5 heteroatoms. The molecular weight excluding hydrogens is 338 g/mol. The third-order valence-corrected chi connectivity index (χ3v) is 5.45. The smallest absolute Gasteiger partial charge is 0.280 e. The zero-order valence-electron chi connectivity index (χ0n) is 16.5. The minimum Gasteiger partial charge on any atom is -0.497 e. The van der Waals surface area contributed by atoms with E-state index in [4.69, 9.17) is 4.74 Å². The molecule has 1 amide bonds. The normalized spacial score (nSPS) is 16.0. The molecule has 2 aromatic carbocycles. The molecule has 0 spiro atoms. The van der Waals surface area contributed by atoms with Crippen molar-refractivity contribution in [2.24, 2.45) is 0 Å². The zero-order valence-corrected chi connectivity index (χ0v) is 16.5. The van der Waals surface area contributed by atoms with E-state index in [0.29, 0.717) is 6.54 Å². The molecule has 0 saturated carbocycles. The number of benzene rings is 2. The number of piperazine rings is 1. The number of nitrogens with one attached hydrogen (secondary N) is 1. The molecule has 144 valence electrons. The van der Waals surface area contributed by atoms with E-state index in [0.717, 1.165) is 31.9 Å². The lowest BCUT2D eigenvalue weighted by Gasteiger charge is -2.37. The number of ether oxygens (including phenoxy) is 1. The highest BCUT2D eigenvalue weighted by molar-refractivity contribution is 5.79. The zero-order chi connectivity index (χ0) is 19.2. The second-order valence-electron chi connectivity index (χ2n) is 7.25. The molecule has 1 aliphatic rings. The summed E-state index contributed by atoms with van der Waals surface area (Å²) in [5, 5.41) is 0. The van der Waals surface area contributed by atoms with Crippen molar-refractivity contribution < 1.29 is 14.4 Å². The SMILES string of the molecule is COc1cccc(N2CC[NH+]([C@H](C)C(=O)N(C)Cc3ccccc3)CC2)c1. The van der Waals surface area contributed by atoms with Crippen molar-refractivity contribution in [2.45, 2.75) is 19.5 Å². The van der Waals surface area contributed by atoms with Crippen molar-refractivity contribution >= 4 is 11.6 Å². The largest absolute Gasteiger partial charge is 0.497 e. The number of likely N-dealkylation sites (N-methyl/N-ethyl adjacent to an activating group) is 1. The lowest BCUT2D eigenvalue weighted by Crippen LogP contribution is -3.19. The Balaban J connectivity index is 1.54. The quantitative estimate of drug-likeness (QED) is 0.839. The third kappa shape index (κ3) is 4.80. The van der Waals surface area contributed by atoms with Crippen LogP contribution >= 0.6 is 0 Å². The molecule has 1 saturated heterocycles. The maximum atomic E-state index is 12.9. The van der Waals surface area contributed by atoms with Crippen molar-refractivity contribution in [2.75, 3.05) is 45.2 Å². The maximum Gasteiger partial charge on any atom is 0.280 e. The number of carbonyl (C=O) groups is 1. The molecule has 1 aliphatic heterocycles. The first-order valence-corrected chi connectivity index (χ1v) is 9.61. The molecule has 0 aliphatic carbocycles. The fourth-order valence-corrected chi connectivity index (χ4v) is 3.73. The number of rotatable bonds is 6. The van der Waals surface area contributed by atoms with Crippen LogP contribution in [0.4, 0.5) is 5.69 Å². The van der Waals surface area contributed by atoms with Gasteiger partial charge in [-0.25, -0.2) is 0 Å². The van der Waals surface area contributed by atoms with Crippen LogP contribution in [0.25, 0.3) is 0 Å². The lowest BCUT2D eigenvalue weighted by molar-refractivity contribution is -0.915. The summed E-state index contributed by atoms with van der Waals surface area (Å²) in [7, 11) is 3.60. The van der Waals surface area contributed by atoms with Gasteiger partial charge in [-0.3, -0.25) is 4.79 Å². The van der Waals surface area contributed by atoms with Gasteiger partial charge in [0.2, 0.25) is 0 Å². The van der Waals surface area contributed by atoms with Gasteiger partial charge in [-0.15, -0.1) is 0 Å². The van der Waals surface area contributed by atoms with Gasteiger partial charge >= 0.3 is 0 Å². The molecule has 1 N–H and O–H groups in total. The Morgan fingerprint density at radius 3 is 2.52 bits per heavy atom. The summed E-state index contributed by atoms with van der Waals surface area (Å²) < 4.78 is 5.33. The van der Waals surface area contributed by atoms with Crippen molar-refractivity contribution in [1.29, 1.82) is 0 Å². The molecule has 3 rings (SSSR count). The number of hydrogen-bond acceptors (Lipinski definition) is 3. The average molecular weight is 369 g/mol. The van der Waals surface area contributed by atoms with Crippen LogP contribution in [0.15, 0.2) is 54.6 Å². The molecule has 27 heavy (non-hydrogen) atoms. The van der Waals surface area contributed by atoms with E-state index in [1.54, 1.807) is 7.11 Å². The number of anilines is 1. The molecule has 0 unspecified atom stereocenters. The maximum absolute atomic E-state index is 12.9. The molecule has 0 bridgehead atoms. The van der Waals surface area contributed by atoms with Gasteiger partial charge in [0.1, 0.15) is 5.75 Å². The first-order valence-electron chi connectivity index (χ1n) is 9.61. The van der Waals surface area contributed by atoms with Gasteiger partial charge in [-0.1, -0.05) is 36.4 Å². The number of quaternary nitrogens is 1. The van der Waals surface area contributed by atoms with Gasteiger partial charge in [0.15, 0.2) is 6.04 Å². The summed E-state index contributed by atoms with van der Waals surface area (Å²) in [4.78, 5) is 18.4. The van der Waals surface area contributed by atoms with Crippen molar-refractivity contribution in [3.63, 3.8) is 0 Å². The number of carbonyl (C=O) groups excluding carboxylic acids is 1. The van der Waals surface area contributed by atoms with Crippen LogP contribution in [-0.2, 0) is 11.3 Å². The standard InChI is InChI=1S/C22H29N3O2/c1-18(22(26)23(2)17-19-8-5-4-6-9-19)24-12-14-25(15-13-24)20-10-7-11-21(16-20)27-3/h4-11,16,18H,12-15,17H2,1-3H3/p+1/t18-/m1/s1. The summed E-state index contributed by atoms with van der Waals surface area (Å²) in [6, 6.07) is 18.3. The highest BCUT2D eigenvalue weighted by atomic mass is 16.5. The molecule has 1 atom stereocenters. The van der Waals surface area contributed by atoms with E-state index < -0.39 is 0 Å². The average Bonchev–Trinajstić information content (AvgIpc) is 2.73. The number of nitrogens with zero attached hydrogens (tertiary/aromatic N) is 2. The Hall–Kier alpha value is -2.53. The Morgan fingerprint density at radius 2 is 1.85 bits per heavy atom. The van der Waals surface area contributed by atoms with Crippen LogP contribution < -0.4 is 14.5 Å². The molecular formula is C22H30N3O2+. The second-order valence-corrected chi connectivity index (χ2v) is 7.25. The van der Waals surface area contributed by atoms with E-state index >= 15 is 0 Å². The predicted molar refractivity (Wildman–Crippen MR) is 108 cm³/mol. The molecule has 0 radical (unpaired) electrons. The highest BCUT2D eigenvalue weighted by Gasteiger charge is 2.31. The van der Waals surface area contributed by atoms with Gasteiger partial charge in [0.05, 0.1) is 33.3 Å². The molecule has 5 nitrogen and oxygen atoms in total. The fraction of sp³-hybridized carbons (Fsp3) is 0.409. The van der Waals surface area contributed by atoms with Crippen LogP contribution in [0, 0.1) is 0 Å². The van der Waals surface area contributed by atoms with E-state index in [2.05, 4.69) is 36.1 Å². The number of methoxy groups -OCH3 is 1. The van der Waals surface area contributed by atoms with Crippen LogP contribution in [0.5, 0.6) is 5.75 Å². The van der Waals surface area contributed by atoms with E-state index in [1.165, 1.54) is 16.2 Å². The van der Waals surface area contributed by atoms with Gasteiger partial charge in [0.25, 0.3) is 5.91 Å². The molecule has 0 aromatic heterocycles. The van der Waals surface area contributed by atoms with Gasteiger partial charge < -0.3 is 19.4 Å². The highest BCUT2D eigenvalue weighted by Crippen LogP contribution is 2.20. The Bertz CT molecular complexity index is 742. The lowest BCUT2D eigenvalue weighted by atomic mass is 10.1.